The number of hydrogen-bond acceptors (Lipinski definition) is 6. The van der Waals surface area contributed by atoms with E-state index >= 15 is 0 Å². The first kappa shape index (κ1) is 24.5. The summed E-state index contributed by atoms with van der Waals surface area (Å²) >= 11 is 0. The van der Waals surface area contributed by atoms with Crippen LogP contribution in [0.5, 0.6) is 17.2 Å². The molecule has 11 heteroatoms. The number of amides is 1. The summed E-state index contributed by atoms with van der Waals surface area (Å²) < 4.78 is 69.4. The lowest BCUT2D eigenvalue weighted by molar-refractivity contribution is -0.127. The van der Waals surface area contributed by atoms with Crippen molar-refractivity contribution in [1.29, 1.82) is 0 Å². The molecule has 33 heavy (non-hydrogen) atoms. The molecule has 0 atom stereocenters. The maximum Gasteiger partial charge on any atom is 0.246 e. The lowest BCUT2D eigenvalue weighted by Gasteiger charge is -2.33. The van der Waals surface area contributed by atoms with Crippen LogP contribution in [0.2, 0.25) is 0 Å². The van der Waals surface area contributed by atoms with Crippen LogP contribution in [0.15, 0.2) is 41.3 Å². The van der Waals surface area contributed by atoms with Crippen molar-refractivity contribution < 1.29 is 36.2 Å². The number of ether oxygens (including phenoxy) is 3. The van der Waals surface area contributed by atoms with Crippen molar-refractivity contribution in [3.63, 3.8) is 0 Å². The number of methoxy groups -OCH3 is 3. The number of hydrogen-bond donors (Lipinski definition) is 0. The van der Waals surface area contributed by atoms with Gasteiger partial charge in [0.1, 0.15) is 16.5 Å². The average molecular weight is 483 g/mol. The minimum atomic E-state index is -4.14. The monoisotopic (exact) mass is 482 g/mol. The molecule has 1 saturated heterocycles. The molecule has 2 aromatic rings. The highest BCUT2D eigenvalue weighted by atomic mass is 32.2. The van der Waals surface area contributed by atoms with Gasteiger partial charge in [0.05, 0.1) is 21.3 Å². The first-order valence-corrected chi connectivity index (χ1v) is 11.4. The normalized spacial score (nSPS) is 15.0. The van der Waals surface area contributed by atoms with E-state index in [0.717, 1.165) is 16.4 Å². The third kappa shape index (κ3) is 5.25. The van der Waals surface area contributed by atoms with Crippen molar-refractivity contribution in [2.45, 2.75) is 4.90 Å². The molecular weight excluding hydrogens is 458 g/mol. The van der Waals surface area contributed by atoms with Crippen LogP contribution in [0.25, 0.3) is 6.08 Å². The van der Waals surface area contributed by atoms with Gasteiger partial charge in [0, 0.05) is 38.3 Å². The molecule has 1 heterocycles. The summed E-state index contributed by atoms with van der Waals surface area (Å²) in [6.07, 6.45) is 2.95. The number of rotatable bonds is 7. The van der Waals surface area contributed by atoms with Crippen LogP contribution >= 0.6 is 0 Å². The lowest BCUT2D eigenvalue weighted by Crippen LogP contribution is -2.50. The summed E-state index contributed by atoms with van der Waals surface area (Å²) in [6.45, 7) is 0.229. The molecular formula is C22H24F2N2O6S. The Hall–Kier alpha value is -3.18. The Morgan fingerprint density at radius 3 is 2.06 bits per heavy atom. The molecule has 0 N–H and O–H groups in total. The molecule has 2 aromatic carbocycles. The predicted octanol–water partition coefficient (Wildman–Crippen LogP) is 2.54. The number of carbonyl (C=O) groups is 1. The zero-order valence-electron chi connectivity index (χ0n) is 18.4. The number of piperazine rings is 1. The van der Waals surface area contributed by atoms with Crippen molar-refractivity contribution in [1.82, 2.24) is 9.21 Å². The van der Waals surface area contributed by atoms with Gasteiger partial charge in [-0.25, -0.2) is 17.2 Å². The highest BCUT2D eigenvalue weighted by Crippen LogP contribution is 2.38. The van der Waals surface area contributed by atoms with Gasteiger partial charge in [-0.3, -0.25) is 4.79 Å². The van der Waals surface area contributed by atoms with Gasteiger partial charge in [0.15, 0.2) is 11.5 Å². The summed E-state index contributed by atoms with van der Waals surface area (Å²) in [6, 6.07) is 5.70. The van der Waals surface area contributed by atoms with Crippen LogP contribution in [0, 0.1) is 11.6 Å². The topological polar surface area (TPSA) is 85.4 Å². The van der Waals surface area contributed by atoms with Crippen molar-refractivity contribution in [2.75, 3.05) is 47.5 Å². The van der Waals surface area contributed by atoms with Crippen molar-refractivity contribution in [3.05, 3.63) is 53.6 Å². The van der Waals surface area contributed by atoms with Crippen molar-refractivity contribution >= 4 is 22.0 Å². The van der Waals surface area contributed by atoms with Crippen molar-refractivity contribution in [2.24, 2.45) is 0 Å². The molecule has 3 rings (SSSR count). The first-order valence-electron chi connectivity index (χ1n) is 9.93. The van der Waals surface area contributed by atoms with E-state index in [4.69, 9.17) is 14.2 Å². The van der Waals surface area contributed by atoms with E-state index in [2.05, 4.69) is 0 Å². The summed E-state index contributed by atoms with van der Waals surface area (Å²) in [5.41, 5.74) is 0.644. The Morgan fingerprint density at radius 1 is 0.939 bits per heavy atom. The standard InChI is InChI=1S/C22H24F2N2O6S/c1-30-18-12-15(13-19(31-2)22(18)32-3)4-7-21(27)25-8-10-26(11-9-25)33(28,29)20-6-5-16(23)14-17(20)24/h4-7,12-14H,8-11H2,1-3H3/b7-4+. The second-order valence-electron chi connectivity index (χ2n) is 7.10. The minimum absolute atomic E-state index is 0.0110. The first-order chi connectivity index (χ1) is 15.7. The van der Waals surface area contributed by atoms with E-state index in [0.29, 0.717) is 28.9 Å². The molecule has 1 fully saturated rings. The SMILES string of the molecule is COc1cc(/C=C/C(=O)N2CCN(S(=O)(=O)c3ccc(F)cc3F)CC2)cc(OC)c1OC. The molecule has 0 bridgehead atoms. The van der Waals surface area contributed by atoms with E-state index in [1.807, 2.05) is 0 Å². The largest absolute Gasteiger partial charge is 0.493 e. The van der Waals surface area contributed by atoms with Crippen LogP contribution < -0.4 is 14.2 Å². The van der Waals surface area contributed by atoms with E-state index in [-0.39, 0.29) is 32.1 Å². The van der Waals surface area contributed by atoms with Crippen molar-refractivity contribution in [3.8, 4) is 17.2 Å². The third-order valence-electron chi connectivity index (χ3n) is 5.17. The number of halogens is 2. The minimum Gasteiger partial charge on any atom is -0.493 e. The molecule has 1 aliphatic rings. The van der Waals surface area contributed by atoms with Gasteiger partial charge in [-0.1, -0.05) is 0 Å². The van der Waals surface area contributed by atoms with E-state index in [1.54, 1.807) is 18.2 Å². The highest BCUT2D eigenvalue weighted by molar-refractivity contribution is 7.89. The predicted molar refractivity (Wildman–Crippen MR) is 117 cm³/mol. The maximum absolute atomic E-state index is 14.0. The van der Waals surface area contributed by atoms with Gasteiger partial charge in [-0.2, -0.15) is 4.31 Å². The Bertz CT molecular complexity index is 1140. The van der Waals surface area contributed by atoms with Crippen LogP contribution in [-0.4, -0.2) is 71.0 Å². The fourth-order valence-electron chi connectivity index (χ4n) is 3.44. The highest BCUT2D eigenvalue weighted by Gasteiger charge is 2.31. The maximum atomic E-state index is 14.0. The van der Waals surface area contributed by atoms with Gasteiger partial charge in [0.25, 0.3) is 0 Å². The average Bonchev–Trinajstić information content (AvgIpc) is 2.81. The Kier molecular flexibility index (Phi) is 7.54. The Labute approximate surface area is 191 Å². The summed E-state index contributed by atoms with van der Waals surface area (Å²) in [5.74, 6) is -1.01. The van der Waals surface area contributed by atoms with E-state index in [9.17, 15) is 22.0 Å². The summed E-state index contributed by atoms with van der Waals surface area (Å²) in [7, 11) is 0.325. The second kappa shape index (κ2) is 10.2. The lowest BCUT2D eigenvalue weighted by atomic mass is 10.1. The fraction of sp³-hybridized carbons (Fsp3) is 0.318. The summed E-state index contributed by atoms with van der Waals surface area (Å²) in [5, 5.41) is 0. The molecule has 1 aliphatic heterocycles. The number of benzene rings is 2. The number of sulfonamides is 1. The zero-order chi connectivity index (χ0) is 24.2. The summed E-state index contributed by atoms with van der Waals surface area (Å²) in [4.78, 5) is 13.5. The van der Waals surface area contributed by atoms with Crippen LogP contribution in [0.1, 0.15) is 5.56 Å². The van der Waals surface area contributed by atoms with E-state index < -0.39 is 26.6 Å². The molecule has 0 aromatic heterocycles. The van der Waals surface area contributed by atoms with Gasteiger partial charge in [-0.15, -0.1) is 0 Å². The quantitative estimate of drug-likeness (QED) is 0.564. The molecule has 0 aliphatic carbocycles. The fourth-order valence-corrected chi connectivity index (χ4v) is 4.91. The van der Waals surface area contributed by atoms with Gasteiger partial charge in [-0.05, 0) is 35.9 Å². The van der Waals surface area contributed by atoms with E-state index in [1.165, 1.54) is 32.3 Å². The molecule has 1 amide bonds. The number of nitrogens with zero attached hydrogens (tertiary/aromatic N) is 2. The molecule has 0 unspecified atom stereocenters. The van der Waals surface area contributed by atoms with Crippen LogP contribution in [-0.2, 0) is 14.8 Å². The third-order valence-corrected chi connectivity index (χ3v) is 7.10. The van der Waals surface area contributed by atoms with Crippen LogP contribution in [0.4, 0.5) is 8.78 Å². The molecule has 0 spiro atoms. The molecule has 0 radical (unpaired) electrons. The molecule has 0 saturated carbocycles. The Balaban J connectivity index is 1.68. The molecule has 8 nitrogen and oxygen atoms in total. The second-order valence-corrected chi connectivity index (χ2v) is 9.00. The van der Waals surface area contributed by atoms with Gasteiger partial charge >= 0.3 is 0 Å². The zero-order valence-corrected chi connectivity index (χ0v) is 19.2. The molecule has 178 valence electrons. The number of carbonyl (C=O) groups excluding carboxylic acids is 1. The van der Waals surface area contributed by atoms with Gasteiger partial charge in [0.2, 0.25) is 21.7 Å². The van der Waals surface area contributed by atoms with Crippen LogP contribution in [0.3, 0.4) is 0 Å². The Morgan fingerprint density at radius 2 is 1.55 bits per heavy atom. The smallest absolute Gasteiger partial charge is 0.246 e. The van der Waals surface area contributed by atoms with Gasteiger partial charge < -0.3 is 19.1 Å².